The number of nitrogens with zero attached hydrogens (tertiary/aromatic N) is 1. The van der Waals surface area contributed by atoms with Crippen LogP contribution in [0.1, 0.15) is 23.6 Å². The average Bonchev–Trinajstić information content (AvgIpc) is 3.24. The zero-order valence-corrected chi connectivity index (χ0v) is 19.1. The van der Waals surface area contributed by atoms with Crippen LogP contribution in [-0.4, -0.2) is 34.0 Å². The number of carboxylic acid groups (broad SMARTS) is 1. The first-order valence-electron chi connectivity index (χ1n) is 9.77. The summed E-state index contributed by atoms with van der Waals surface area (Å²) in [5, 5.41) is 17.1. The smallest absolute Gasteiger partial charge is 0.326 e. The standard InChI is InChI=1S/C22H20ClFN4O4S/c1-11(2)18(21(30)31)28-19(29)20-25-10-17(33-20)12-3-6-14(7-4-12)26-22(32)27-16-8-5-13(23)9-15(16)24/h3-11,18H,1-2H3,(H,28,29)(H,30,31)(H2,26,27,32). The van der Waals surface area contributed by atoms with Gasteiger partial charge in [-0.15, -0.1) is 11.3 Å². The Labute approximate surface area is 197 Å². The maximum atomic E-state index is 13.8. The lowest BCUT2D eigenvalue weighted by molar-refractivity contribution is -0.140. The van der Waals surface area contributed by atoms with E-state index in [1.165, 1.54) is 18.3 Å². The van der Waals surface area contributed by atoms with Crippen molar-refractivity contribution >= 4 is 52.2 Å². The summed E-state index contributed by atoms with van der Waals surface area (Å²) in [4.78, 5) is 40.5. The summed E-state index contributed by atoms with van der Waals surface area (Å²) < 4.78 is 13.8. The maximum absolute atomic E-state index is 13.8. The van der Waals surface area contributed by atoms with E-state index in [1.807, 2.05) is 0 Å². The number of thiazole rings is 1. The number of nitrogens with one attached hydrogen (secondary N) is 3. The van der Waals surface area contributed by atoms with E-state index in [1.54, 1.807) is 38.1 Å². The van der Waals surface area contributed by atoms with Crippen LogP contribution in [0.15, 0.2) is 48.7 Å². The topological polar surface area (TPSA) is 120 Å². The highest BCUT2D eigenvalue weighted by molar-refractivity contribution is 7.17. The number of hydrogen-bond acceptors (Lipinski definition) is 5. The predicted molar refractivity (Wildman–Crippen MR) is 125 cm³/mol. The number of urea groups is 1. The van der Waals surface area contributed by atoms with Gasteiger partial charge in [0.2, 0.25) is 0 Å². The molecule has 2 aromatic carbocycles. The van der Waals surface area contributed by atoms with Crippen molar-refractivity contribution in [1.82, 2.24) is 10.3 Å². The number of carbonyl (C=O) groups is 3. The molecule has 0 saturated heterocycles. The quantitative estimate of drug-likeness (QED) is 0.368. The fourth-order valence-corrected chi connectivity index (χ4v) is 3.81. The number of carbonyl (C=O) groups excluding carboxylic acids is 2. The molecule has 3 aromatic rings. The molecule has 3 amide bonds. The lowest BCUT2D eigenvalue weighted by Crippen LogP contribution is -2.44. The number of anilines is 2. The van der Waals surface area contributed by atoms with Gasteiger partial charge in [0.15, 0.2) is 5.01 Å². The zero-order chi connectivity index (χ0) is 24.1. The summed E-state index contributed by atoms with van der Waals surface area (Å²) >= 11 is 6.81. The molecule has 11 heteroatoms. The number of rotatable bonds is 7. The van der Waals surface area contributed by atoms with Gasteiger partial charge in [-0.25, -0.2) is 19.0 Å². The third kappa shape index (κ3) is 6.27. The summed E-state index contributed by atoms with van der Waals surface area (Å²) in [6.07, 6.45) is 1.52. The molecule has 0 radical (unpaired) electrons. The molecule has 172 valence electrons. The molecule has 1 aromatic heterocycles. The number of aromatic nitrogens is 1. The lowest BCUT2D eigenvalue weighted by Gasteiger charge is -2.16. The Morgan fingerprint density at radius 2 is 1.79 bits per heavy atom. The second kappa shape index (κ2) is 10.4. The molecule has 0 aliphatic heterocycles. The van der Waals surface area contributed by atoms with Crippen molar-refractivity contribution in [3.8, 4) is 10.4 Å². The number of aliphatic carboxylic acids is 1. The normalized spacial score (nSPS) is 11.7. The predicted octanol–water partition coefficient (Wildman–Crippen LogP) is 5.09. The summed E-state index contributed by atoms with van der Waals surface area (Å²) in [6.45, 7) is 3.41. The molecule has 0 spiro atoms. The van der Waals surface area contributed by atoms with Crippen LogP contribution < -0.4 is 16.0 Å². The van der Waals surface area contributed by atoms with Gasteiger partial charge >= 0.3 is 12.0 Å². The van der Waals surface area contributed by atoms with Gasteiger partial charge in [-0.2, -0.15) is 0 Å². The van der Waals surface area contributed by atoms with Crippen molar-refractivity contribution < 1.29 is 23.9 Å². The molecule has 0 saturated carbocycles. The monoisotopic (exact) mass is 490 g/mol. The average molecular weight is 491 g/mol. The fraction of sp³-hybridized carbons (Fsp3) is 0.182. The molecule has 1 unspecified atom stereocenters. The number of amides is 3. The first kappa shape index (κ1) is 24.1. The highest BCUT2D eigenvalue weighted by Crippen LogP contribution is 2.27. The van der Waals surface area contributed by atoms with Crippen molar-refractivity contribution in [2.45, 2.75) is 19.9 Å². The van der Waals surface area contributed by atoms with E-state index in [4.69, 9.17) is 11.6 Å². The Balaban J connectivity index is 1.63. The Bertz CT molecular complexity index is 1180. The van der Waals surface area contributed by atoms with Gasteiger partial charge in [0, 0.05) is 16.9 Å². The SMILES string of the molecule is CC(C)C(NC(=O)c1ncc(-c2ccc(NC(=O)Nc3ccc(Cl)cc3F)cc2)s1)C(=O)O. The molecule has 0 aliphatic rings. The van der Waals surface area contributed by atoms with E-state index < -0.39 is 29.8 Å². The van der Waals surface area contributed by atoms with Gasteiger partial charge in [-0.05, 0) is 41.8 Å². The molecule has 0 fully saturated rings. The van der Waals surface area contributed by atoms with Crippen LogP contribution in [0.25, 0.3) is 10.4 Å². The van der Waals surface area contributed by atoms with Crippen molar-refractivity contribution in [2.24, 2.45) is 5.92 Å². The van der Waals surface area contributed by atoms with Gasteiger partial charge in [0.05, 0.1) is 10.6 Å². The summed E-state index contributed by atoms with van der Waals surface area (Å²) in [5.41, 5.74) is 1.21. The van der Waals surface area contributed by atoms with Crippen LogP contribution in [0, 0.1) is 11.7 Å². The molecule has 1 heterocycles. The van der Waals surface area contributed by atoms with Crippen molar-refractivity contribution in [1.29, 1.82) is 0 Å². The molecule has 4 N–H and O–H groups in total. The number of halogens is 2. The van der Waals surface area contributed by atoms with Gasteiger partial charge in [-0.3, -0.25) is 4.79 Å². The van der Waals surface area contributed by atoms with Gasteiger partial charge in [0.25, 0.3) is 5.91 Å². The highest BCUT2D eigenvalue weighted by Gasteiger charge is 2.25. The number of carboxylic acids is 1. The molecular formula is C22H20ClFN4O4S. The largest absolute Gasteiger partial charge is 0.480 e. The van der Waals surface area contributed by atoms with E-state index in [9.17, 15) is 23.9 Å². The molecule has 8 nitrogen and oxygen atoms in total. The van der Waals surface area contributed by atoms with Crippen LogP contribution in [0.2, 0.25) is 5.02 Å². The lowest BCUT2D eigenvalue weighted by atomic mass is 10.1. The minimum Gasteiger partial charge on any atom is -0.480 e. The Kier molecular flexibility index (Phi) is 7.62. The van der Waals surface area contributed by atoms with Crippen molar-refractivity contribution in [2.75, 3.05) is 10.6 Å². The van der Waals surface area contributed by atoms with E-state index in [2.05, 4.69) is 20.9 Å². The zero-order valence-electron chi connectivity index (χ0n) is 17.6. The van der Waals surface area contributed by atoms with Crippen LogP contribution >= 0.6 is 22.9 Å². The van der Waals surface area contributed by atoms with E-state index >= 15 is 0 Å². The van der Waals surface area contributed by atoms with E-state index in [0.29, 0.717) is 10.6 Å². The third-order valence-electron chi connectivity index (χ3n) is 4.53. The van der Waals surface area contributed by atoms with Crippen LogP contribution in [-0.2, 0) is 4.79 Å². The molecule has 33 heavy (non-hydrogen) atoms. The molecule has 0 bridgehead atoms. The minimum atomic E-state index is -1.11. The minimum absolute atomic E-state index is 0.00779. The van der Waals surface area contributed by atoms with Crippen LogP contribution in [0.3, 0.4) is 0 Å². The summed E-state index contributed by atoms with van der Waals surface area (Å²) in [5.74, 6) is -2.60. The first-order valence-corrected chi connectivity index (χ1v) is 11.0. The van der Waals surface area contributed by atoms with E-state index in [0.717, 1.165) is 23.0 Å². The molecule has 1 atom stereocenters. The van der Waals surface area contributed by atoms with Crippen molar-refractivity contribution in [3.05, 3.63) is 64.5 Å². The molecule has 0 aliphatic carbocycles. The van der Waals surface area contributed by atoms with Gasteiger partial charge in [0.1, 0.15) is 11.9 Å². The summed E-state index contributed by atoms with van der Waals surface area (Å²) in [7, 11) is 0. The second-order valence-corrected chi connectivity index (χ2v) is 8.81. The van der Waals surface area contributed by atoms with Crippen LogP contribution in [0.4, 0.5) is 20.6 Å². The number of hydrogen-bond donors (Lipinski definition) is 4. The van der Waals surface area contributed by atoms with E-state index in [-0.39, 0.29) is 21.6 Å². The fourth-order valence-electron chi connectivity index (χ4n) is 2.82. The maximum Gasteiger partial charge on any atom is 0.326 e. The Hall–Kier alpha value is -3.50. The molecule has 3 rings (SSSR count). The Morgan fingerprint density at radius 1 is 1.09 bits per heavy atom. The van der Waals surface area contributed by atoms with Crippen LogP contribution in [0.5, 0.6) is 0 Å². The van der Waals surface area contributed by atoms with Gasteiger partial charge in [-0.1, -0.05) is 37.6 Å². The number of benzene rings is 2. The van der Waals surface area contributed by atoms with Gasteiger partial charge < -0.3 is 21.1 Å². The molecular weight excluding hydrogens is 471 g/mol. The first-order chi connectivity index (χ1) is 15.6. The highest BCUT2D eigenvalue weighted by atomic mass is 35.5. The third-order valence-corrected chi connectivity index (χ3v) is 5.81. The Morgan fingerprint density at radius 3 is 2.39 bits per heavy atom. The second-order valence-electron chi connectivity index (χ2n) is 7.34. The van der Waals surface area contributed by atoms with Crippen molar-refractivity contribution in [3.63, 3.8) is 0 Å². The summed E-state index contributed by atoms with van der Waals surface area (Å²) in [6, 6.07) is 9.02.